The second-order valence-electron chi connectivity index (χ2n) is 9.34. The maximum absolute atomic E-state index is 13.8. The Bertz CT molecular complexity index is 1490. The summed E-state index contributed by atoms with van der Waals surface area (Å²) in [5.74, 6) is 0.615. The van der Waals surface area contributed by atoms with Crippen molar-refractivity contribution in [3.63, 3.8) is 0 Å². The molecule has 0 unspecified atom stereocenters. The van der Waals surface area contributed by atoms with Crippen LogP contribution in [0.4, 0.5) is 0 Å². The average molecular weight is 520 g/mol. The van der Waals surface area contributed by atoms with Crippen LogP contribution in [0.15, 0.2) is 47.4 Å². The predicted molar refractivity (Wildman–Crippen MR) is 132 cm³/mol. The molecule has 0 amide bonds. The maximum Gasteiger partial charge on any atom is 0.243 e. The monoisotopic (exact) mass is 519 g/mol. The molecule has 0 radical (unpaired) electrons. The summed E-state index contributed by atoms with van der Waals surface area (Å²) < 4.78 is 60.9. The van der Waals surface area contributed by atoms with Gasteiger partial charge in [0, 0.05) is 47.7 Å². The Kier molecular flexibility index (Phi) is 5.76. The maximum atomic E-state index is 13.8. The first kappa shape index (κ1) is 24.3. The first-order valence-corrected chi connectivity index (χ1v) is 14.5. The highest BCUT2D eigenvalue weighted by molar-refractivity contribution is 7.89. The fourth-order valence-corrected chi connectivity index (χ4v) is 8.25. The average Bonchev–Trinajstić information content (AvgIpc) is 3.20. The van der Waals surface area contributed by atoms with E-state index in [1.165, 1.54) is 8.61 Å². The number of hydrogen-bond donors (Lipinski definition) is 2. The van der Waals surface area contributed by atoms with Crippen molar-refractivity contribution in [1.29, 1.82) is 0 Å². The van der Waals surface area contributed by atoms with E-state index in [9.17, 15) is 21.9 Å². The van der Waals surface area contributed by atoms with E-state index in [2.05, 4.69) is 4.98 Å². The smallest absolute Gasteiger partial charge is 0.243 e. The van der Waals surface area contributed by atoms with Gasteiger partial charge in [-0.25, -0.2) is 16.8 Å². The van der Waals surface area contributed by atoms with Gasteiger partial charge < -0.3 is 14.8 Å². The van der Waals surface area contributed by atoms with Crippen LogP contribution in [-0.2, 0) is 25.5 Å². The molecule has 1 saturated heterocycles. The normalized spacial score (nSPS) is 20.6. The fraction of sp³-hybridized carbons (Fsp3) is 0.417. The van der Waals surface area contributed by atoms with Crippen LogP contribution in [0.5, 0.6) is 5.75 Å². The summed E-state index contributed by atoms with van der Waals surface area (Å²) in [7, 11) is -5.84. The SMILES string of the molecule is CCS(=O)(=O)N1CC2(C1)CN(S(=O)(=O)c1ccc(C)cc1)[C@H](CO)c1[nH]c3cc(OC)ccc3c12. The molecule has 35 heavy (non-hydrogen) atoms. The first-order chi connectivity index (χ1) is 16.6. The molecule has 1 fully saturated rings. The lowest BCUT2D eigenvalue weighted by atomic mass is 9.70. The minimum atomic E-state index is -3.98. The van der Waals surface area contributed by atoms with Crippen molar-refractivity contribution in [3.8, 4) is 5.75 Å². The summed E-state index contributed by atoms with van der Waals surface area (Å²) in [5.41, 5.74) is 2.40. The molecule has 11 heteroatoms. The zero-order valence-electron chi connectivity index (χ0n) is 19.9. The van der Waals surface area contributed by atoms with E-state index in [0.29, 0.717) is 11.4 Å². The number of aryl methyl sites for hydroxylation is 1. The van der Waals surface area contributed by atoms with Gasteiger partial charge in [-0.2, -0.15) is 8.61 Å². The van der Waals surface area contributed by atoms with Crippen molar-refractivity contribution in [2.45, 2.75) is 30.2 Å². The standard InChI is InChI=1S/C24H29N3O6S2/c1-4-34(29,30)26-13-24(14-26)15-27(35(31,32)18-8-5-16(2)6-9-18)21(12-28)23-22(24)19-10-7-17(33-3)11-20(19)25-23/h5-11,21,25,28H,4,12-15H2,1-3H3/t21-/m1/s1. The van der Waals surface area contributed by atoms with Crippen molar-refractivity contribution in [2.24, 2.45) is 0 Å². The third-order valence-electron chi connectivity index (χ3n) is 7.22. The summed E-state index contributed by atoms with van der Waals surface area (Å²) >= 11 is 0. The van der Waals surface area contributed by atoms with E-state index in [-0.39, 0.29) is 30.3 Å². The molecular formula is C24H29N3O6S2. The second kappa shape index (κ2) is 8.31. The number of hydrogen-bond acceptors (Lipinski definition) is 6. The number of fused-ring (bicyclic) bond motifs is 4. The van der Waals surface area contributed by atoms with Crippen molar-refractivity contribution >= 4 is 30.9 Å². The van der Waals surface area contributed by atoms with Gasteiger partial charge in [0.05, 0.1) is 30.4 Å². The Balaban J connectivity index is 1.69. The van der Waals surface area contributed by atoms with Crippen LogP contribution in [0.2, 0.25) is 0 Å². The molecule has 2 N–H and O–H groups in total. The Morgan fingerprint density at radius 1 is 1.09 bits per heavy atom. The van der Waals surface area contributed by atoms with Gasteiger partial charge in [-0.15, -0.1) is 0 Å². The van der Waals surface area contributed by atoms with Crippen LogP contribution in [0, 0.1) is 6.92 Å². The Morgan fingerprint density at radius 3 is 2.37 bits per heavy atom. The summed E-state index contributed by atoms with van der Waals surface area (Å²) in [6.45, 7) is 3.47. The predicted octanol–water partition coefficient (Wildman–Crippen LogP) is 2.13. The van der Waals surface area contributed by atoms with Crippen LogP contribution < -0.4 is 4.74 Å². The zero-order chi connectivity index (χ0) is 25.2. The molecule has 2 aliphatic heterocycles. The highest BCUT2D eigenvalue weighted by atomic mass is 32.2. The van der Waals surface area contributed by atoms with Crippen LogP contribution in [0.25, 0.3) is 10.9 Å². The van der Waals surface area contributed by atoms with Crippen LogP contribution >= 0.6 is 0 Å². The zero-order valence-corrected chi connectivity index (χ0v) is 21.5. The van der Waals surface area contributed by atoms with E-state index in [1.807, 2.05) is 25.1 Å². The molecule has 0 saturated carbocycles. The highest BCUT2D eigenvalue weighted by Crippen LogP contribution is 2.50. The van der Waals surface area contributed by atoms with Gasteiger partial charge in [0.25, 0.3) is 0 Å². The molecule has 0 bridgehead atoms. The lowest BCUT2D eigenvalue weighted by Gasteiger charge is -2.54. The number of sulfonamides is 2. The van der Waals surface area contributed by atoms with E-state index in [4.69, 9.17) is 4.74 Å². The van der Waals surface area contributed by atoms with Gasteiger partial charge in [-0.3, -0.25) is 0 Å². The Morgan fingerprint density at radius 2 is 1.77 bits per heavy atom. The summed E-state index contributed by atoms with van der Waals surface area (Å²) in [5, 5.41) is 11.3. The Hall–Kier alpha value is -2.44. The van der Waals surface area contributed by atoms with Gasteiger partial charge in [0.15, 0.2) is 0 Å². The number of H-pyrrole nitrogens is 1. The van der Waals surface area contributed by atoms with Gasteiger partial charge >= 0.3 is 0 Å². The quantitative estimate of drug-likeness (QED) is 0.515. The summed E-state index contributed by atoms with van der Waals surface area (Å²) in [4.78, 5) is 3.47. The molecule has 1 spiro atoms. The molecule has 0 aliphatic carbocycles. The van der Waals surface area contributed by atoms with Gasteiger partial charge in [-0.05, 0) is 43.7 Å². The molecule has 9 nitrogen and oxygen atoms in total. The van der Waals surface area contributed by atoms with Gasteiger partial charge in [0.1, 0.15) is 5.75 Å². The third-order valence-corrected chi connectivity index (χ3v) is 10.9. The number of aliphatic hydroxyl groups excluding tert-OH is 1. The molecule has 5 rings (SSSR count). The first-order valence-electron chi connectivity index (χ1n) is 11.4. The van der Waals surface area contributed by atoms with Crippen molar-refractivity contribution in [3.05, 3.63) is 59.3 Å². The van der Waals surface area contributed by atoms with Crippen LogP contribution in [-0.4, -0.2) is 74.6 Å². The van der Waals surface area contributed by atoms with Crippen LogP contribution in [0.1, 0.15) is 29.8 Å². The number of nitrogens with zero attached hydrogens (tertiary/aromatic N) is 2. The van der Waals surface area contributed by atoms with E-state index in [1.54, 1.807) is 38.3 Å². The summed E-state index contributed by atoms with van der Waals surface area (Å²) in [6, 6.07) is 11.3. The van der Waals surface area contributed by atoms with Gasteiger partial charge in [-0.1, -0.05) is 17.7 Å². The van der Waals surface area contributed by atoms with Crippen molar-refractivity contribution in [2.75, 3.05) is 39.1 Å². The largest absolute Gasteiger partial charge is 0.497 e. The lowest BCUT2D eigenvalue weighted by Crippen LogP contribution is -2.68. The molecule has 2 aliphatic rings. The van der Waals surface area contributed by atoms with E-state index < -0.39 is 38.1 Å². The lowest BCUT2D eigenvalue weighted by molar-refractivity contribution is 0.0768. The number of aliphatic hydroxyl groups is 1. The number of rotatable bonds is 6. The number of benzene rings is 2. The van der Waals surface area contributed by atoms with Crippen molar-refractivity contribution in [1.82, 2.24) is 13.6 Å². The number of nitrogens with one attached hydrogen (secondary N) is 1. The molecule has 3 aromatic rings. The second-order valence-corrected chi connectivity index (χ2v) is 13.5. The Labute approximate surface area is 205 Å². The van der Waals surface area contributed by atoms with E-state index in [0.717, 1.165) is 22.0 Å². The molecule has 1 aromatic heterocycles. The molecular weight excluding hydrogens is 490 g/mol. The number of ether oxygens (including phenoxy) is 1. The van der Waals surface area contributed by atoms with Gasteiger partial charge in [0.2, 0.25) is 20.0 Å². The third kappa shape index (κ3) is 3.68. The molecule has 2 aromatic carbocycles. The molecule has 3 heterocycles. The number of aromatic amines is 1. The molecule has 1 atom stereocenters. The number of aromatic nitrogens is 1. The highest BCUT2D eigenvalue weighted by Gasteiger charge is 2.57. The van der Waals surface area contributed by atoms with Crippen molar-refractivity contribution < 1.29 is 26.7 Å². The fourth-order valence-electron chi connectivity index (χ4n) is 5.32. The van der Waals surface area contributed by atoms with Crippen LogP contribution in [0.3, 0.4) is 0 Å². The summed E-state index contributed by atoms with van der Waals surface area (Å²) in [6.07, 6.45) is 0. The minimum absolute atomic E-state index is 0.0222. The molecule has 188 valence electrons. The topological polar surface area (TPSA) is 120 Å². The number of methoxy groups -OCH3 is 1. The van der Waals surface area contributed by atoms with E-state index >= 15 is 0 Å². The minimum Gasteiger partial charge on any atom is -0.497 e.